The first-order valence-electron chi connectivity index (χ1n) is 6.08. The number of aliphatic hydroxyl groups is 1. The lowest BCUT2D eigenvalue weighted by Gasteiger charge is -2.20. The fraction of sp³-hybridized carbons (Fsp3) is 0.571. The van der Waals surface area contributed by atoms with Gasteiger partial charge in [0.2, 0.25) is 0 Å². The number of benzene rings is 1. The lowest BCUT2D eigenvalue weighted by Crippen LogP contribution is -2.26. The molecule has 16 heavy (non-hydrogen) atoms. The van der Waals surface area contributed by atoms with E-state index in [4.69, 9.17) is 0 Å². The Balaban J connectivity index is 1.80. The molecule has 1 aromatic carbocycles. The highest BCUT2D eigenvalue weighted by molar-refractivity contribution is 5.17. The van der Waals surface area contributed by atoms with Crippen molar-refractivity contribution in [3.8, 4) is 0 Å². The van der Waals surface area contributed by atoms with Crippen molar-refractivity contribution in [3.05, 3.63) is 35.9 Å². The van der Waals surface area contributed by atoms with Crippen LogP contribution in [0.15, 0.2) is 30.3 Å². The van der Waals surface area contributed by atoms with Gasteiger partial charge in [-0.2, -0.15) is 0 Å². The lowest BCUT2D eigenvalue weighted by atomic mass is 10.1. The van der Waals surface area contributed by atoms with E-state index in [-0.39, 0.29) is 6.10 Å². The van der Waals surface area contributed by atoms with Gasteiger partial charge in [-0.25, -0.2) is 0 Å². The second-order valence-corrected chi connectivity index (χ2v) is 5.12. The maximum absolute atomic E-state index is 10.0. The average Bonchev–Trinajstić information content (AvgIpc) is 2.95. The number of hydrogen-bond donors (Lipinski definition) is 1. The van der Waals surface area contributed by atoms with Crippen LogP contribution in [0, 0.1) is 11.8 Å². The number of likely N-dealkylation sites (N-methyl/N-ethyl adjacent to an activating group) is 1. The van der Waals surface area contributed by atoms with Crippen molar-refractivity contribution in [3.63, 3.8) is 0 Å². The Labute approximate surface area is 97.9 Å². The van der Waals surface area contributed by atoms with E-state index >= 15 is 0 Å². The van der Waals surface area contributed by atoms with Crippen molar-refractivity contribution < 1.29 is 5.11 Å². The van der Waals surface area contributed by atoms with Crippen LogP contribution in [0.1, 0.15) is 25.0 Å². The van der Waals surface area contributed by atoms with Gasteiger partial charge in [0.1, 0.15) is 0 Å². The average molecular weight is 219 g/mol. The molecule has 0 bridgehead atoms. The summed E-state index contributed by atoms with van der Waals surface area (Å²) in [5, 5.41) is 10.0. The first kappa shape index (κ1) is 11.6. The predicted molar refractivity (Wildman–Crippen MR) is 66.2 cm³/mol. The van der Waals surface area contributed by atoms with Gasteiger partial charge in [0, 0.05) is 13.1 Å². The molecule has 0 radical (unpaired) electrons. The molecule has 0 heterocycles. The Hall–Kier alpha value is -0.860. The van der Waals surface area contributed by atoms with Gasteiger partial charge in [0.05, 0.1) is 6.10 Å². The summed E-state index contributed by atoms with van der Waals surface area (Å²) in [6, 6.07) is 9.89. The molecule has 0 amide bonds. The number of hydrogen-bond acceptors (Lipinski definition) is 2. The van der Waals surface area contributed by atoms with Crippen molar-refractivity contribution in [2.24, 2.45) is 11.8 Å². The molecular weight excluding hydrogens is 198 g/mol. The van der Waals surface area contributed by atoms with Gasteiger partial charge in [-0.15, -0.1) is 0 Å². The zero-order valence-corrected chi connectivity index (χ0v) is 10.1. The summed E-state index contributed by atoms with van der Waals surface area (Å²) in [7, 11) is 2.09. The molecule has 0 aliphatic heterocycles. The molecular formula is C14H21NO. The van der Waals surface area contributed by atoms with E-state index in [9.17, 15) is 5.11 Å². The van der Waals surface area contributed by atoms with E-state index in [1.54, 1.807) is 0 Å². The summed E-state index contributed by atoms with van der Waals surface area (Å²) in [5.74, 6) is 1.74. The fourth-order valence-electron chi connectivity index (χ4n) is 2.20. The maximum Gasteiger partial charge on any atom is 0.0916 e. The Morgan fingerprint density at radius 1 is 1.38 bits per heavy atom. The summed E-state index contributed by atoms with van der Waals surface area (Å²) in [6.45, 7) is 4.14. The third-order valence-electron chi connectivity index (χ3n) is 3.49. The third-order valence-corrected chi connectivity index (χ3v) is 3.49. The van der Waals surface area contributed by atoms with E-state index in [0.717, 1.165) is 30.5 Å². The zero-order chi connectivity index (χ0) is 11.5. The van der Waals surface area contributed by atoms with E-state index in [0.29, 0.717) is 0 Å². The first-order valence-corrected chi connectivity index (χ1v) is 6.08. The maximum atomic E-state index is 10.0. The third kappa shape index (κ3) is 3.06. The molecule has 1 fully saturated rings. The number of aliphatic hydroxyl groups excluding tert-OH is 1. The van der Waals surface area contributed by atoms with Crippen molar-refractivity contribution in [1.29, 1.82) is 0 Å². The van der Waals surface area contributed by atoms with Crippen molar-refractivity contribution in [2.75, 3.05) is 20.1 Å². The molecule has 1 aliphatic carbocycles. The molecule has 3 atom stereocenters. The summed E-state index contributed by atoms with van der Waals surface area (Å²) < 4.78 is 0. The minimum Gasteiger partial charge on any atom is -0.387 e. The van der Waals surface area contributed by atoms with Gasteiger partial charge in [-0.3, -0.25) is 0 Å². The SMILES string of the molecule is CC1CC1CN(C)CC(O)c1ccccc1. The second-order valence-electron chi connectivity index (χ2n) is 5.12. The smallest absolute Gasteiger partial charge is 0.0916 e. The van der Waals surface area contributed by atoms with Crippen LogP contribution in [-0.4, -0.2) is 30.1 Å². The molecule has 0 saturated heterocycles. The molecule has 88 valence electrons. The molecule has 1 aromatic rings. The molecule has 3 unspecified atom stereocenters. The Morgan fingerprint density at radius 3 is 2.56 bits per heavy atom. The molecule has 1 N–H and O–H groups in total. The van der Waals surface area contributed by atoms with Crippen LogP contribution in [0.3, 0.4) is 0 Å². The van der Waals surface area contributed by atoms with Gasteiger partial charge in [-0.1, -0.05) is 37.3 Å². The van der Waals surface area contributed by atoms with Gasteiger partial charge < -0.3 is 10.0 Å². The monoisotopic (exact) mass is 219 g/mol. The molecule has 1 saturated carbocycles. The quantitative estimate of drug-likeness (QED) is 0.821. The van der Waals surface area contributed by atoms with Gasteiger partial charge >= 0.3 is 0 Å². The molecule has 2 nitrogen and oxygen atoms in total. The molecule has 1 aliphatic rings. The van der Waals surface area contributed by atoms with E-state index in [1.807, 2.05) is 30.3 Å². The van der Waals surface area contributed by atoms with Crippen LogP contribution in [0.5, 0.6) is 0 Å². The van der Waals surface area contributed by atoms with E-state index in [2.05, 4.69) is 18.9 Å². The minimum atomic E-state index is -0.361. The second kappa shape index (κ2) is 4.98. The van der Waals surface area contributed by atoms with Crippen molar-refractivity contribution in [2.45, 2.75) is 19.4 Å². The standard InChI is InChI=1S/C14H21NO/c1-11-8-13(11)9-15(2)10-14(16)12-6-4-3-5-7-12/h3-7,11,13-14,16H,8-10H2,1-2H3. The number of nitrogens with zero attached hydrogens (tertiary/aromatic N) is 1. The summed E-state index contributed by atoms with van der Waals surface area (Å²) in [4.78, 5) is 2.24. The minimum absolute atomic E-state index is 0.361. The van der Waals surface area contributed by atoms with Crippen LogP contribution in [-0.2, 0) is 0 Å². The number of rotatable bonds is 5. The van der Waals surface area contributed by atoms with Crippen molar-refractivity contribution in [1.82, 2.24) is 4.90 Å². The van der Waals surface area contributed by atoms with Crippen LogP contribution >= 0.6 is 0 Å². The summed E-state index contributed by atoms with van der Waals surface area (Å²) in [6.07, 6.45) is 0.992. The highest BCUT2D eigenvalue weighted by Crippen LogP contribution is 2.38. The van der Waals surface area contributed by atoms with Gasteiger partial charge in [0.15, 0.2) is 0 Å². The normalized spacial score (nSPS) is 25.8. The predicted octanol–water partition coefficient (Wildman–Crippen LogP) is 2.31. The Kier molecular flexibility index (Phi) is 3.62. The Morgan fingerprint density at radius 2 is 2.00 bits per heavy atom. The van der Waals surface area contributed by atoms with Crippen LogP contribution < -0.4 is 0 Å². The van der Waals surface area contributed by atoms with E-state index < -0.39 is 0 Å². The van der Waals surface area contributed by atoms with Crippen LogP contribution in [0.4, 0.5) is 0 Å². The lowest BCUT2D eigenvalue weighted by molar-refractivity contribution is 0.124. The van der Waals surface area contributed by atoms with Crippen molar-refractivity contribution >= 4 is 0 Å². The molecule has 2 rings (SSSR count). The van der Waals surface area contributed by atoms with Gasteiger partial charge in [0.25, 0.3) is 0 Å². The Bertz CT molecular complexity index is 325. The largest absolute Gasteiger partial charge is 0.387 e. The fourth-order valence-corrected chi connectivity index (χ4v) is 2.20. The van der Waals surface area contributed by atoms with E-state index in [1.165, 1.54) is 6.42 Å². The summed E-state index contributed by atoms with van der Waals surface area (Å²) >= 11 is 0. The first-order chi connectivity index (χ1) is 7.66. The molecule has 0 spiro atoms. The zero-order valence-electron chi connectivity index (χ0n) is 10.1. The van der Waals surface area contributed by atoms with Gasteiger partial charge in [-0.05, 0) is 30.9 Å². The summed E-state index contributed by atoms with van der Waals surface area (Å²) in [5.41, 5.74) is 1.01. The molecule has 2 heteroatoms. The topological polar surface area (TPSA) is 23.5 Å². The highest BCUT2D eigenvalue weighted by Gasteiger charge is 2.33. The van der Waals surface area contributed by atoms with Crippen LogP contribution in [0.2, 0.25) is 0 Å². The molecule has 0 aromatic heterocycles. The van der Waals surface area contributed by atoms with Crippen LogP contribution in [0.25, 0.3) is 0 Å². The highest BCUT2D eigenvalue weighted by atomic mass is 16.3.